The maximum atomic E-state index is 13.2. The number of rotatable bonds is 3. The van der Waals surface area contributed by atoms with E-state index in [4.69, 9.17) is 11.6 Å². The molecule has 0 spiro atoms. The smallest absolute Gasteiger partial charge is 0.125 e. The van der Waals surface area contributed by atoms with E-state index in [0.29, 0.717) is 21.5 Å². The van der Waals surface area contributed by atoms with Crippen molar-refractivity contribution in [3.8, 4) is 0 Å². The van der Waals surface area contributed by atoms with E-state index in [-0.39, 0.29) is 5.82 Å². The lowest BCUT2D eigenvalue weighted by Gasteiger charge is -2.34. The lowest BCUT2D eigenvalue weighted by Crippen LogP contribution is -2.39. The third-order valence-corrected chi connectivity index (χ3v) is 4.67. The fourth-order valence-corrected chi connectivity index (χ4v) is 3.56. The molecule has 1 aromatic rings. The fraction of sp³-hybridized carbons (Fsp3) is 0.571. The van der Waals surface area contributed by atoms with Crippen molar-refractivity contribution < 1.29 is 4.39 Å². The first kappa shape index (κ1) is 15.1. The van der Waals surface area contributed by atoms with Crippen LogP contribution in [0.1, 0.15) is 19.8 Å². The fourth-order valence-electron chi connectivity index (χ4n) is 2.64. The van der Waals surface area contributed by atoms with E-state index in [1.165, 1.54) is 31.5 Å². The van der Waals surface area contributed by atoms with Crippen LogP contribution in [0.15, 0.2) is 16.6 Å². The lowest BCUT2D eigenvalue weighted by atomic mass is 9.92. The Bertz CT molecular complexity index is 432. The second-order valence-electron chi connectivity index (χ2n) is 5.34. The third-order valence-electron chi connectivity index (χ3n) is 3.75. The van der Waals surface area contributed by atoms with E-state index in [2.05, 4.69) is 40.1 Å². The number of nitrogens with one attached hydrogen (secondary N) is 1. The van der Waals surface area contributed by atoms with Crippen LogP contribution in [0, 0.1) is 11.7 Å². The monoisotopic (exact) mass is 348 g/mol. The Morgan fingerprint density at radius 3 is 2.89 bits per heavy atom. The summed E-state index contributed by atoms with van der Waals surface area (Å²) in [5.41, 5.74) is 0.781. The first-order valence-corrected chi connectivity index (χ1v) is 7.74. The first-order chi connectivity index (χ1) is 8.97. The standard InChI is InChI=1S/C14H19BrClFN2/c1-9(10-4-3-5-19(2)8-10)18-14-12(15)6-11(17)7-13(14)16/h6-7,9-10,18H,3-5,8H2,1-2H3. The number of anilines is 1. The summed E-state index contributed by atoms with van der Waals surface area (Å²) in [7, 11) is 2.15. The molecule has 2 nitrogen and oxygen atoms in total. The number of nitrogens with zero attached hydrogens (tertiary/aromatic N) is 1. The van der Waals surface area contributed by atoms with Crippen molar-refractivity contribution in [2.24, 2.45) is 5.92 Å². The molecular formula is C14H19BrClFN2. The van der Waals surface area contributed by atoms with Crippen molar-refractivity contribution in [3.63, 3.8) is 0 Å². The summed E-state index contributed by atoms with van der Waals surface area (Å²) in [6.07, 6.45) is 2.44. The highest BCUT2D eigenvalue weighted by Crippen LogP contribution is 2.33. The van der Waals surface area contributed by atoms with Crippen LogP contribution in [0.4, 0.5) is 10.1 Å². The zero-order valence-electron chi connectivity index (χ0n) is 11.2. The molecule has 0 amide bonds. The Morgan fingerprint density at radius 1 is 1.53 bits per heavy atom. The van der Waals surface area contributed by atoms with Gasteiger partial charge in [-0.25, -0.2) is 4.39 Å². The number of piperidine rings is 1. The molecule has 1 heterocycles. The summed E-state index contributed by atoms with van der Waals surface area (Å²) in [4.78, 5) is 2.35. The molecule has 0 bridgehead atoms. The van der Waals surface area contributed by atoms with Crippen LogP contribution >= 0.6 is 27.5 Å². The van der Waals surface area contributed by atoms with Crippen molar-refractivity contribution in [2.75, 3.05) is 25.5 Å². The van der Waals surface area contributed by atoms with Gasteiger partial charge in [0, 0.05) is 17.1 Å². The van der Waals surface area contributed by atoms with Gasteiger partial charge in [0.2, 0.25) is 0 Å². The molecule has 2 atom stereocenters. The molecule has 1 N–H and O–H groups in total. The largest absolute Gasteiger partial charge is 0.380 e. The molecule has 19 heavy (non-hydrogen) atoms. The summed E-state index contributed by atoms with van der Waals surface area (Å²) < 4.78 is 13.9. The van der Waals surface area contributed by atoms with Gasteiger partial charge in [0.05, 0.1) is 10.7 Å². The Balaban J connectivity index is 2.08. The van der Waals surface area contributed by atoms with Crippen molar-refractivity contribution in [1.82, 2.24) is 4.90 Å². The minimum atomic E-state index is -0.326. The Labute approximate surface area is 127 Å². The molecule has 0 aliphatic carbocycles. The molecule has 1 aliphatic heterocycles. The van der Waals surface area contributed by atoms with Gasteiger partial charge in [0.25, 0.3) is 0 Å². The Hall–Kier alpha value is -0.320. The molecule has 2 rings (SSSR count). The third kappa shape index (κ3) is 3.83. The van der Waals surface area contributed by atoms with E-state index in [0.717, 1.165) is 12.2 Å². The molecule has 2 unspecified atom stereocenters. The van der Waals surface area contributed by atoms with Gasteiger partial charge in [-0.15, -0.1) is 0 Å². The van der Waals surface area contributed by atoms with Crippen molar-refractivity contribution >= 4 is 33.2 Å². The van der Waals surface area contributed by atoms with E-state index >= 15 is 0 Å². The molecule has 1 fully saturated rings. The predicted octanol–water partition coefficient (Wildman–Crippen LogP) is 4.38. The van der Waals surface area contributed by atoms with Crippen LogP contribution in [0.5, 0.6) is 0 Å². The molecule has 106 valence electrons. The van der Waals surface area contributed by atoms with Gasteiger partial charge in [-0.2, -0.15) is 0 Å². The lowest BCUT2D eigenvalue weighted by molar-refractivity contribution is 0.197. The van der Waals surface area contributed by atoms with Gasteiger partial charge >= 0.3 is 0 Å². The molecule has 5 heteroatoms. The zero-order chi connectivity index (χ0) is 14.0. The van der Waals surface area contributed by atoms with Gasteiger partial charge in [0.15, 0.2) is 0 Å². The Morgan fingerprint density at radius 2 is 2.26 bits per heavy atom. The van der Waals surface area contributed by atoms with Crippen molar-refractivity contribution in [1.29, 1.82) is 0 Å². The normalized spacial score (nSPS) is 22.3. The first-order valence-electron chi connectivity index (χ1n) is 6.57. The van der Waals surface area contributed by atoms with Crippen LogP contribution in [0.2, 0.25) is 5.02 Å². The molecule has 1 aromatic carbocycles. The Kier molecular flexibility index (Phi) is 5.09. The summed E-state index contributed by atoms with van der Waals surface area (Å²) in [5, 5.41) is 3.84. The molecule has 0 radical (unpaired) electrons. The zero-order valence-corrected chi connectivity index (χ0v) is 13.6. The average Bonchev–Trinajstić information content (AvgIpc) is 2.33. The van der Waals surface area contributed by atoms with E-state index in [1.54, 1.807) is 0 Å². The summed E-state index contributed by atoms with van der Waals surface area (Å²) in [6, 6.07) is 3.09. The number of benzene rings is 1. The molecule has 1 aliphatic rings. The molecule has 0 aromatic heterocycles. The quantitative estimate of drug-likeness (QED) is 0.871. The molecule has 1 saturated heterocycles. The number of hydrogen-bond acceptors (Lipinski definition) is 2. The van der Waals surface area contributed by atoms with E-state index in [9.17, 15) is 4.39 Å². The van der Waals surface area contributed by atoms with E-state index < -0.39 is 0 Å². The summed E-state index contributed by atoms with van der Waals surface area (Å²) in [5.74, 6) is 0.263. The number of hydrogen-bond donors (Lipinski definition) is 1. The van der Waals surface area contributed by atoms with Gasteiger partial charge in [0.1, 0.15) is 5.82 Å². The van der Waals surface area contributed by atoms with Crippen molar-refractivity contribution in [2.45, 2.75) is 25.8 Å². The highest BCUT2D eigenvalue weighted by Gasteiger charge is 2.23. The van der Waals surface area contributed by atoms with Crippen LogP contribution in [-0.4, -0.2) is 31.1 Å². The topological polar surface area (TPSA) is 15.3 Å². The van der Waals surface area contributed by atoms with Gasteiger partial charge in [-0.05, 0) is 67.3 Å². The minimum absolute atomic E-state index is 0.307. The maximum absolute atomic E-state index is 13.2. The predicted molar refractivity (Wildman–Crippen MR) is 82.4 cm³/mol. The number of likely N-dealkylation sites (tertiary alicyclic amines) is 1. The SMILES string of the molecule is CC(Nc1c(Cl)cc(F)cc1Br)C1CCCN(C)C1. The maximum Gasteiger partial charge on any atom is 0.125 e. The van der Waals surface area contributed by atoms with Crippen LogP contribution in [-0.2, 0) is 0 Å². The van der Waals surface area contributed by atoms with Crippen LogP contribution in [0.25, 0.3) is 0 Å². The van der Waals surface area contributed by atoms with Crippen LogP contribution < -0.4 is 5.32 Å². The number of halogens is 3. The second-order valence-corrected chi connectivity index (χ2v) is 6.60. The molecular weight excluding hydrogens is 331 g/mol. The summed E-state index contributed by atoms with van der Waals surface area (Å²) >= 11 is 9.47. The highest BCUT2D eigenvalue weighted by molar-refractivity contribution is 9.10. The van der Waals surface area contributed by atoms with Gasteiger partial charge in [-0.1, -0.05) is 11.6 Å². The average molecular weight is 350 g/mol. The van der Waals surface area contributed by atoms with Crippen LogP contribution in [0.3, 0.4) is 0 Å². The highest BCUT2D eigenvalue weighted by atomic mass is 79.9. The van der Waals surface area contributed by atoms with Gasteiger partial charge in [-0.3, -0.25) is 0 Å². The van der Waals surface area contributed by atoms with Gasteiger partial charge < -0.3 is 10.2 Å². The second kappa shape index (κ2) is 6.42. The van der Waals surface area contributed by atoms with Crippen molar-refractivity contribution in [3.05, 3.63) is 27.4 Å². The summed E-state index contributed by atoms with van der Waals surface area (Å²) in [6.45, 7) is 4.42. The molecule has 0 saturated carbocycles. The minimum Gasteiger partial charge on any atom is -0.380 e. The van der Waals surface area contributed by atoms with E-state index in [1.807, 2.05) is 0 Å².